The van der Waals surface area contributed by atoms with Gasteiger partial charge in [0, 0.05) is 0 Å². The van der Waals surface area contributed by atoms with Gasteiger partial charge in [0.15, 0.2) is 11.5 Å². The van der Waals surface area contributed by atoms with Gasteiger partial charge in [-0.25, -0.2) is 0 Å². The summed E-state index contributed by atoms with van der Waals surface area (Å²) in [5, 5.41) is 10.5. The zero-order chi connectivity index (χ0) is 13.9. The van der Waals surface area contributed by atoms with Crippen LogP contribution in [0.2, 0.25) is 0 Å². The molecule has 1 unspecified atom stereocenters. The summed E-state index contributed by atoms with van der Waals surface area (Å²) in [5.41, 5.74) is 1.54. The fraction of sp³-hybridized carbons (Fsp3) is 0.250. The molecule has 0 aromatic heterocycles. The van der Waals surface area contributed by atoms with Crippen LogP contribution in [0.5, 0.6) is 17.2 Å². The Morgan fingerprint density at radius 3 is 2.55 bits per heavy atom. The van der Waals surface area contributed by atoms with Crippen LogP contribution < -0.4 is 14.2 Å². The average molecular weight is 272 g/mol. The highest BCUT2D eigenvalue weighted by atomic mass is 16.6. The van der Waals surface area contributed by atoms with Gasteiger partial charge in [0.1, 0.15) is 25.1 Å². The Morgan fingerprint density at radius 1 is 1.00 bits per heavy atom. The Labute approximate surface area is 117 Å². The molecular weight excluding hydrogens is 256 g/mol. The molecule has 104 valence electrons. The topological polar surface area (TPSA) is 47.9 Å². The number of fused-ring (bicyclic) bond motifs is 1. The van der Waals surface area contributed by atoms with Crippen molar-refractivity contribution >= 4 is 0 Å². The molecule has 0 radical (unpaired) electrons. The smallest absolute Gasteiger partial charge is 0.161 e. The van der Waals surface area contributed by atoms with Crippen LogP contribution in [0.1, 0.15) is 17.2 Å². The number of hydrogen-bond donors (Lipinski definition) is 1. The second kappa shape index (κ2) is 5.43. The van der Waals surface area contributed by atoms with Gasteiger partial charge in [0.05, 0.1) is 7.11 Å². The molecule has 0 fully saturated rings. The van der Waals surface area contributed by atoms with E-state index in [-0.39, 0.29) is 0 Å². The summed E-state index contributed by atoms with van der Waals surface area (Å²) >= 11 is 0. The second-order valence-electron chi connectivity index (χ2n) is 4.58. The van der Waals surface area contributed by atoms with Crippen LogP contribution in [0.25, 0.3) is 0 Å². The third-order valence-electron chi connectivity index (χ3n) is 3.29. The Bertz CT molecular complexity index is 609. The summed E-state index contributed by atoms with van der Waals surface area (Å²) in [6.07, 6.45) is -0.721. The summed E-state index contributed by atoms with van der Waals surface area (Å²) in [4.78, 5) is 0. The fourth-order valence-corrected chi connectivity index (χ4v) is 2.23. The molecule has 1 atom stereocenters. The first-order valence-corrected chi connectivity index (χ1v) is 6.49. The van der Waals surface area contributed by atoms with Gasteiger partial charge in [-0.2, -0.15) is 0 Å². The maximum atomic E-state index is 10.5. The predicted molar refractivity (Wildman–Crippen MR) is 74.5 cm³/mol. The molecule has 2 aromatic rings. The summed E-state index contributed by atoms with van der Waals surface area (Å²) in [5.74, 6) is 2.12. The van der Waals surface area contributed by atoms with E-state index in [1.165, 1.54) is 0 Å². The van der Waals surface area contributed by atoms with Crippen molar-refractivity contribution < 1.29 is 19.3 Å². The van der Waals surface area contributed by atoms with Crippen LogP contribution >= 0.6 is 0 Å². The second-order valence-corrected chi connectivity index (χ2v) is 4.58. The van der Waals surface area contributed by atoms with Crippen molar-refractivity contribution in [2.24, 2.45) is 0 Å². The molecule has 0 saturated heterocycles. The first-order chi connectivity index (χ1) is 9.78. The van der Waals surface area contributed by atoms with Crippen LogP contribution in [0.4, 0.5) is 0 Å². The van der Waals surface area contributed by atoms with E-state index in [2.05, 4.69) is 0 Å². The highest BCUT2D eigenvalue weighted by Crippen LogP contribution is 2.34. The van der Waals surface area contributed by atoms with Crippen molar-refractivity contribution in [3.63, 3.8) is 0 Å². The number of aliphatic hydroxyl groups is 1. The van der Waals surface area contributed by atoms with E-state index in [9.17, 15) is 5.11 Å². The maximum Gasteiger partial charge on any atom is 0.161 e. The highest BCUT2D eigenvalue weighted by Gasteiger charge is 2.16. The molecule has 4 nitrogen and oxygen atoms in total. The molecule has 0 amide bonds. The van der Waals surface area contributed by atoms with Crippen molar-refractivity contribution in [1.82, 2.24) is 0 Å². The third-order valence-corrected chi connectivity index (χ3v) is 3.29. The third kappa shape index (κ3) is 2.42. The van der Waals surface area contributed by atoms with E-state index in [1.807, 2.05) is 42.5 Å². The SMILES string of the molecule is COc1cccc(C(O)c2ccc3c(c2)OCCO3)c1. The lowest BCUT2D eigenvalue weighted by atomic mass is 10.0. The number of aliphatic hydroxyl groups excluding tert-OH is 1. The van der Waals surface area contributed by atoms with Crippen LogP contribution in [-0.4, -0.2) is 25.4 Å². The Balaban J connectivity index is 1.91. The Hall–Kier alpha value is -2.20. The number of methoxy groups -OCH3 is 1. The van der Waals surface area contributed by atoms with Gasteiger partial charge in [0.25, 0.3) is 0 Å². The van der Waals surface area contributed by atoms with Gasteiger partial charge >= 0.3 is 0 Å². The van der Waals surface area contributed by atoms with E-state index in [0.717, 1.165) is 22.6 Å². The van der Waals surface area contributed by atoms with E-state index < -0.39 is 6.10 Å². The van der Waals surface area contributed by atoms with Crippen molar-refractivity contribution in [3.05, 3.63) is 53.6 Å². The van der Waals surface area contributed by atoms with Gasteiger partial charge in [0.2, 0.25) is 0 Å². The highest BCUT2D eigenvalue weighted by molar-refractivity contribution is 5.46. The van der Waals surface area contributed by atoms with E-state index in [0.29, 0.717) is 19.0 Å². The van der Waals surface area contributed by atoms with E-state index in [4.69, 9.17) is 14.2 Å². The van der Waals surface area contributed by atoms with Gasteiger partial charge in [-0.3, -0.25) is 0 Å². The zero-order valence-electron chi connectivity index (χ0n) is 11.2. The first-order valence-electron chi connectivity index (χ1n) is 6.49. The largest absolute Gasteiger partial charge is 0.497 e. The standard InChI is InChI=1S/C16H16O4/c1-18-13-4-2-3-11(9-13)16(17)12-5-6-14-15(10-12)20-8-7-19-14/h2-6,9-10,16-17H,7-8H2,1H3. The number of rotatable bonds is 3. The monoisotopic (exact) mass is 272 g/mol. The average Bonchev–Trinajstić information content (AvgIpc) is 2.53. The van der Waals surface area contributed by atoms with Crippen molar-refractivity contribution in [2.75, 3.05) is 20.3 Å². The van der Waals surface area contributed by atoms with E-state index >= 15 is 0 Å². The predicted octanol–water partition coefficient (Wildman–Crippen LogP) is 2.55. The summed E-state index contributed by atoms with van der Waals surface area (Å²) in [6, 6.07) is 12.9. The molecule has 1 aliphatic rings. The lowest BCUT2D eigenvalue weighted by molar-refractivity contribution is 0.169. The minimum absolute atomic E-state index is 0.533. The molecule has 0 aliphatic carbocycles. The van der Waals surface area contributed by atoms with Gasteiger partial charge < -0.3 is 19.3 Å². The fourth-order valence-electron chi connectivity index (χ4n) is 2.23. The quantitative estimate of drug-likeness (QED) is 0.932. The van der Waals surface area contributed by atoms with Gasteiger partial charge in [-0.1, -0.05) is 18.2 Å². The molecule has 4 heteroatoms. The molecular formula is C16H16O4. The molecule has 1 heterocycles. The Morgan fingerprint density at radius 2 is 1.75 bits per heavy atom. The molecule has 0 saturated carbocycles. The number of ether oxygens (including phenoxy) is 3. The van der Waals surface area contributed by atoms with Gasteiger partial charge in [-0.15, -0.1) is 0 Å². The van der Waals surface area contributed by atoms with Crippen molar-refractivity contribution in [1.29, 1.82) is 0 Å². The summed E-state index contributed by atoms with van der Waals surface area (Å²) in [7, 11) is 1.61. The molecule has 2 aromatic carbocycles. The maximum absolute atomic E-state index is 10.5. The lowest BCUT2D eigenvalue weighted by Crippen LogP contribution is -2.15. The Kier molecular flexibility index (Phi) is 3.48. The van der Waals surface area contributed by atoms with E-state index in [1.54, 1.807) is 7.11 Å². The lowest BCUT2D eigenvalue weighted by Gasteiger charge is -2.20. The van der Waals surface area contributed by atoms with Gasteiger partial charge in [-0.05, 0) is 35.4 Å². The van der Waals surface area contributed by atoms with Crippen molar-refractivity contribution in [3.8, 4) is 17.2 Å². The van der Waals surface area contributed by atoms with Crippen molar-refractivity contribution in [2.45, 2.75) is 6.10 Å². The molecule has 3 rings (SSSR count). The minimum Gasteiger partial charge on any atom is -0.497 e. The van der Waals surface area contributed by atoms with Crippen LogP contribution in [0, 0.1) is 0 Å². The molecule has 0 bridgehead atoms. The van der Waals surface area contributed by atoms with Crippen LogP contribution in [0.15, 0.2) is 42.5 Å². The summed E-state index contributed by atoms with van der Waals surface area (Å²) in [6.45, 7) is 1.09. The number of benzene rings is 2. The normalized spacial score (nSPS) is 14.7. The molecule has 20 heavy (non-hydrogen) atoms. The van der Waals surface area contributed by atoms with Crippen LogP contribution in [0.3, 0.4) is 0 Å². The molecule has 1 aliphatic heterocycles. The zero-order valence-corrected chi connectivity index (χ0v) is 11.2. The first kappa shape index (κ1) is 12.8. The molecule has 1 N–H and O–H groups in total. The molecule has 0 spiro atoms. The summed E-state index contributed by atoms with van der Waals surface area (Å²) < 4.78 is 16.2. The van der Waals surface area contributed by atoms with Crippen LogP contribution in [-0.2, 0) is 0 Å². The minimum atomic E-state index is -0.721. The number of hydrogen-bond acceptors (Lipinski definition) is 4.